The number of rotatable bonds is 15. The van der Waals surface area contributed by atoms with Gasteiger partial charge in [-0.15, -0.1) is 0 Å². The molecule has 0 spiro atoms. The van der Waals surface area contributed by atoms with E-state index in [1.54, 1.807) is 39.8 Å². The summed E-state index contributed by atoms with van der Waals surface area (Å²) in [6.07, 6.45) is 0.439. The fourth-order valence-corrected chi connectivity index (χ4v) is 6.44. The molecular weight excluding hydrogens is 661 g/mol. The number of anilines is 1. The van der Waals surface area contributed by atoms with Gasteiger partial charge in [-0.3, -0.25) is 4.79 Å². The van der Waals surface area contributed by atoms with Gasteiger partial charge in [-0.1, -0.05) is 18.2 Å². The summed E-state index contributed by atoms with van der Waals surface area (Å²) < 4.78 is 73.3. The highest BCUT2D eigenvalue weighted by molar-refractivity contribution is 7.91. The number of nitrogens with zero attached hydrogens (tertiary/aromatic N) is 1. The number of hydrogen-bond donors (Lipinski definition) is 1. The van der Waals surface area contributed by atoms with Gasteiger partial charge >= 0.3 is 22.3 Å². The van der Waals surface area contributed by atoms with Crippen molar-refractivity contribution in [3.63, 3.8) is 0 Å². The first-order valence-electron chi connectivity index (χ1n) is 15.3. The number of sulfone groups is 1. The normalized spacial score (nSPS) is 11.8. The average molecular weight is 705 g/mol. The smallest absolute Gasteiger partial charge is 0.422 e. The maximum atomic E-state index is 13.1. The Bertz CT molecular complexity index is 1780. The van der Waals surface area contributed by atoms with Crippen LogP contribution in [-0.4, -0.2) is 66.3 Å². The standard InChI is InChI=1S/C34H44N2O10S2/c1-8-43-31(37)22-36(48(41,42)35-33(38)46-34(4,5)6)28-13-15-29(16-14-28)45-23-26-11-9-12-27(21-26)32-24(2)19-30(20-25(32)3)44-17-10-18-47(7,39)40/h9,11-16,19-21H,8,10,17-18,22-23H2,1-7H3,(H,35,38). The fourth-order valence-electron chi connectivity index (χ4n) is 4.76. The van der Waals surface area contributed by atoms with Crippen LogP contribution < -0.4 is 18.5 Å². The van der Waals surface area contributed by atoms with Crippen LogP contribution in [0.15, 0.2) is 60.7 Å². The summed E-state index contributed by atoms with van der Waals surface area (Å²) in [7, 11) is -7.58. The molecule has 14 heteroatoms. The number of nitrogens with one attached hydrogen (secondary N) is 1. The van der Waals surface area contributed by atoms with E-state index in [1.165, 1.54) is 18.4 Å². The van der Waals surface area contributed by atoms with Gasteiger partial charge in [0.05, 0.1) is 24.7 Å². The first-order valence-corrected chi connectivity index (χ1v) is 18.8. The Morgan fingerprint density at radius 3 is 2.10 bits per heavy atom. The minimum Gasteiger partial charge on any atom is -0.494 e. The summed E-state index contributed by atoms with van der Waals surface area (Å²) in [5.41, 5.74) is 4.10. The Kier molecular flexibility index (Phi) is 12.9. The van der Waals surface area contributed by atoms with Crippen LogP contribution in [0.2, 0.25) is 0 Å². The van der Waals surface area contributed by atoms with E-state index in [-0.39, 0.29) is 24.7 Å². The Morgan fingerprint density at radius 2 is 1.52 bits per heavy atom. The summed E-state index contributed by atoms with van der Waals surface area (Å²) >= 11 is 0. The van der Waals surface area contributed by atoms with Crippen molar-refractivity contribution < 1.29 is 45.4 Å². The van der Waals surface area contributed by atoms with Crippen LogP contribution in [0.3, 0.4) is 0 Å². The van der Waals surface area contributed by atoms with Gasteiger partial charge in [-0.05, 0) is 118 Å². The predicted octanol–water partition coefficient (Wildman–Crippen LogP) is 5.50. The van der Waals surface area contributed by atoms with Crippen LogP contribution in [0.1, 0.15) is 50.8 Å². The highest BCUT2D eigenvalue weighted by atomic mass is 32.2. The number of benzene rings is 3. The highest BCUT2D eigenvalue weighted by Crippen LogP contribution is 2.32. The lowest BCUT2D eigenvalue weighted by molar-refractivity contribution is -0.141. The van der Waals surface area contributed by atoms with Crippen LogP contribution in [-0.2, 0) is 40.9 Å². The summed E-state index contributed by atoms with van der Waals surface area (Å²) in [4.78, 5) is 24.5. The molecule has 0 saturated heterocycles. The third kappa shape index (κ3) is 12.1. The molecule has 12 nitrogen and oxygen atoms in total. The minimum absolute atomic E-state index is 0.0496. The van der Waals surface area contributed by atoms with E-state index in [1.807, 2.05) is 55.0 Å². The van der Waals surface area contributed by atoms with Gasteiger partial charge in [0.25, 0.3) is 0 Å². The van der Waals surface area contributed by atoms with Crippen molar-refractivity contribution in [1.82, 2.24) is 4.72 Å². The molecule has 0 atom stereocenters. The van der Waals surface area contributed by atoms with Crippen molar-refractivity contribution in [2.45, 2.75) is 60.2 Å². The maximum Gasteiger partial charge on any atom is 0.422 e. The lowest BCUT2D eigenvalue weighted by Gasteiger charge is -2.25. The molecule has 0 unspecified atom stereocenters. The summed E-state index contributed by atoms with van der Waals surface area (Å²) in [6.45, 7) is 10.3. The third-order valence-electron chi connectivity index (χ3n) is 6.66. The lowest BCUT2D eigenvalue weighted by atomic mass is 9.94. The first kappa shape index (κ1) is 38.2. The van der Waals surface area contributed by atoms with E-state index in [2.05, 4.69) is 0 Å². The Balaban J connectivity index is 1.73. The van der Waals surface area contributed by atoms with E-state index in [0.29, 0.717) is 24.5 Å². The average Bonchev–Trinajstić information content (AvgIpc) is 2.96. The zero-order chi connectivity index (χ0) is 35.7. The molecule has 0 aromatic heterocycles. The molecule has 0 aliphatic carbocycles. The van der Waals surface area contributed by atoms with Crippen molar-refractivity contribution >= 4 is 37.8 Å². The van der Waals surface area contributed by atoms with Gasteiger partial charge in [-0.25, -0.2) is 22.2 Å². The monoisotopic (exact) mass is 704 g/mol. The molecule has 0 saturated carbocycles. The Hall–Kier alpha value is -4.30. The highest BCUT2D eigenvalue weighted by Gasteiger charge is 2.30. The van der Waals surface area contributed by atoms with E-state index < -0.39 is 44.3 Å². The van der Waals surface area contributed by atoms with E-state index in [0.717, 1.165) is 32.1 Å². The van der Waals surface area contributed by atoms with Crippen LogP contribution in [0.4, 0.5) is 10.5 Å². The molecular formula is C34H44N2O10S2. The van der Waals surface area contributed by atoms with Gasteiger partial charge < -0.3 is 18.9 Å². The van der Waals surface area contributed by atoms with Crippen LogP contribution >= 0.6 is 0 Å². The van der Waals surface area contributed by atoms with Gasteiger partial charge in [0.15, 0.2) is 0 Å². The zero-order valence-electron chi connectivity index (χ0n) is 28.4. The molecule has 0 bridgehead atoms. The maximum absolute atomic E-state index is 13.1. The lowest BCUT2D eigenvalue weighted by Crippen LogP contribution is -2.47. The molecule has 0 heterocycles. The number of hydrogen-bond acceptors (Lipinski definition) is 10. The molecule has 262 valence electrons. The number of carbonyl (C=O) groups is 2. The number of esters is 1. The second kappa shape index (κ2) is 16.2. The molecule has 1 N–H and O–H groups in total. The van der Waals surface area contributed by atoms with Gasteiger partial charge in [-0.2, -0.15) is 8.42 Å². The predicted molar refractivity (Wildman–Crippen MR) is 184 cm³/mol. The van der Waals surface area contributed by atoms with E-state index >= 15 is 0 Å². The summed E-state index contributed by atoms with van der Waals surface area (Å²) in [5.74, 6) is 0.400. The molecule has 1 amide bonds. The van der Waals surface area contributed by atoms with E-state index in [4.69, 9.17) is 18.9 Å². The van der Waals surface area contributed by atoms with Gasteiger partial charge in [0.2, 0.25) is 0 Å². The van der Waals surface area contributed by atoms with Crippen molar-refractivity contribution in [1.29, 1.82) is 0 Å². The fraction of sp³-hybridized carbons (Fsp3) is 0.412. The largest absolute Gasteiger partial charge is 0.494 e. The van der Waals surface area contributed by atoms with E-state index in [9.17, 15) is 26.4 Å². The van der Waals surface area contributed by atoms with Gasteiger partial charge in [0, 0.05) is 6.26 Å². The second-order valence-electron chi connectivity index (χ2n) is 12.2. The number of ether oxygens (including phenoxy) is 4. The third-order valence-corrected chi connectivity index (χ3v) is 9.03. The van der Waals surface area contributed by atoms with Crippen molar-refractivity contribution in [3.05, 3.63) is 77.4 Å². The minimum atomic E-state index is -4.54. The summed E-state index contributed by atoms with van der Waals surface area (Å²) in [6, 6.07) is 17.8. The molecule has 3 aromatic carbocycles. The van der Waals surface area contributed by atoms with Crippen LogP contribution in [0.5, 0.6) is 11.5 Å². The van der Waals surface area contributed by atoms with Crippen molar-refractivity contribution in [2.24, 2.45) is 0 Å². The topological polar surface area (TPSA) is 155 Å². The molecule has 0 fully saturated rings. The molecule has 3 aromatic rings. The van der Waals surface area contributed by atoms with Crippen molar-refractivity contribution in [2.75, 3.05) is 36.1 Å². The van der Waals surface area contributed by atoms with Crippen LogP contribution in [0.25, 0.3) is 11.1 Å². The molecule has 3 rings (SSSR count). The van der Waals surface area contributed by atoms with Crippen molar-refractivity contribution in [3.8, 4) is 22.6 Å². The SMILES string of the molecule is CCOC(=O)CN(c1ccc(OCc2cccc(-c3c(C)cc(OCCCS(C)(=O)=O)cc3C)c2)cc1)S(=O)(=O)NC(=O)OC(C)(C)C. The number of carbonyl (C=O) groups excluding carboxylic acids is 2. The summed E-state index contributed by atoms with van der Waals surface area (Å²) in [5, 5.41) is 0. The van der Waals surface area contributed by atoms with Gasteiger partial charge in [0.1, 0.15) is 40.1 Å². The Morgan fingerprint density at radius 1 is 0.875 bits per heavy atom. The quantitative estimate of drug-likeness (QED) is 0.158. The Labute approximate surface area is 283 Å². The first-order chi connectivity index (χ1) is 22.4. The molecule has 0 aliphatic rings. The zero-order valence-corrected chi connectivity index (χ0v) is 30.0. The molecule has 0 radical (unpaired) electrons. The van der Waals surface area contributed by atoms with Crippen LogP contribution in [0, 0.1) is 13.8 Å². The number of amides is 1. The molecule has 0 aliphatic heterocycles. The second-order valence-corrected chi connectivity index (χ2v) is 16.0. The number of aryl methyl sites for hydroxylation is 2. The molecule has 48 heavy (non-hydrogen) atoms.